The molecular formula is C11H11N5O. The van der Waals surface area contributed by atoms with Crippen LogP contribution < -0.4 is 10.6 Å². The van der Waals surface area contributed by atoms with Gasteiger partial charge in [-0.1, -0.05) is 0 Å². The molecule has 0 saturated carbocycles. The van der Waals surface area contributed by atoms with Crippen molar-refractivity contribution in [1.29, 1.82) is 0 Å². The molecule has 0 atom stereocenters. The van der Waals surface area contributed by atoms with Crippen molar-refractivity contribution in [2.24, 2.45) is 0 Å². The number of amides is 1. The van der Waals surface area contributed by atoms with Crippen LogP contribution in [-0.2, 0) is 0 Å². The minimum atomic E-state index is -0.298. The smallest absolute Gasteiger partial charge is 0.261 e. The third-order valence-electron chi connectivity index (χ3n) is 2.08. The lowest BCUT2D eigenvalue weighted by molar-refractivity contribution is 0.102. The first-order valence-corrected chi connectivity index (χ1v) is 5.02. The molecule has 0 bridgehead atoms. The first kappa shape index (κ1) is 11.0. The molecule has 0 fully saturated rings. The topological polar surface area (TPSA) is 79.8 Å². The van der Waals surface area contributed by atoms with Crippen LogP contribution in [0.1, 0.15) is 10.4 Å². The molecular weight excluding hydrogens is 218 g/mol. The van der Waals surface area contributed by atoms with Gasteiger partial charge in [-0.3, -0.25) is 10.1 Å². The average Bonchev–Trinajstić information content (AvgIpc) is 2.40. The molecule has 0 aliphatic carbocycles. The van der Waals surface area contributed by atoms with Gasteiger partial charge in [-0.2, -0.15) is 0 Å². The molecule has 6 nitrogen and oxygen atoms in total. The molecule has 86 valence electrons. The van der Waals surface area contributed by atoms with Gasteiger partial charge in [-0.25, -0.2) is 15.0 Å². The van der Waals surface area contributed by atoms with Gasteiger partial charge in [-0.15, -0.1) is 0 Å². The summed E-state index contributed by atoms with van der Waals surface area (Å²) in [5.74, 6) is 0.484. The van der Waals surface area contributed by atoms with E-state index in [0.717, 1.165) is 0 Å². The minimum Gasteiger partial charge on any atom is -0.372 e. The summed E-state index contributed by atoms with van der Waals surface area (Å²) in [7, 11) is 1.71. The van der Waals surface area contributed by atoms with E-state index in [9.17, 15) is 4.79 Å². The van der Waals surface area contributed by atoms with E-state index in [1.54, 1.807) is 43.8 Å². The Bertz CT molecular complexity index is 514. The molecule has 0 aliphatic heterocycles. The number of hydrogen-bond donors (Lipinski definition) is 2. The molecule has 2 aromatic rings. The van der Waals surface area contributed by atoms with Gasteiger partial charge < -0.3 is 5.32 Å². The van der Waals surface area contributed by atoms with Crippen LogP contribution in [0.2, 0.25) is 0 Å². The zero-order valence-electron chi connectivity index (χ0n) is 9.21. The van der Waals surface area contributed by atoms with Crippen LogP contribution in [0.25, 0.3) is 0 Å². The van der Waals surface area contributed by atoms with Crippen LogP contribution in [0.4, 0.5) is 11.8 Å². The van der Waals surface area contributed by atoms with Gasteiger partial charge in [0, 0.05) is 25.6 Å². The molecule has 1 amide bonds. The van der Waals surface area contributed by atoms with Crippen molar-refractivity contribution in [2.75, 3.05) is 17.7 Å². The monoisotopic (exact) mass is 229 g/mol. The highest BCUT2D eigenvalue weighted by atomic mass is 16.1. The van der Waals surface area contributed by atoms with Gasteiger partial charge in [0.1, 0.15) is 5.82 Å². The maximum absolute atomic E-state index is 11.9. The molecule has 2 rings (SSSR count). The fourth-order valence-corrected chi connectivity index (χ4v) is 1.32. The number of carbonyl (C=O) groups is 1. The normalized spacial score (nSPS) is 9.71. The first-order valence-electron chi connectivity index (χ1n) is 5.02. The van der Waals surface area contributed by atoms with Crippen molar-refractivity contribution in [1.82, 2.24) is 15.0 Å². The van der Waals surface area contributed by atoms with Gasteiger partial charge in [0.2, 0.25) is 5.95 Å². The number of nitrogens with one attached hydrogen (secondary N) is 2. The molecule has 0 unspecified atom stereocenters. The Morgan fingerprint density at radius 2 is 1.82 bits per heavy atom. The Kier molecular flexibility index (Phi) is 3.25. The molecule has 2 heterocycles. The van der Waals surface area contributed by atoms with Crippen molar-refractivity contribution in [3.8, 4) is 0 Å². The summed E-state index contributed by atoms with van der Waals surface area (Å²) >= 11 is 0. The lowest BCUT2D eigenvalue weighted by Gasteiger charge is -2.07. The number of anilines is 2. The highest BCUT2D eigenvalue weighted by Crippen LogP contribution is 2.11. The van der Waals surface area contributed by atoms with E-state index < -0.39 is 0 Å². The van der Waals surface area contributed by atoms with Crippen molar-refractivity contribution < 1.29 is 4.79 Å². The zero-order chi connectivity index (χ0) is 12.1. The number of pyridine rings is 1. The highest BCUT2D eigenvalue weighted by Gasteiger charge is 2.11. The van der Waals surface area contributed by atoms with E-state index in [4.69, 9.17) is 0 Å². The first-order chi connectivity index (χ1) is 8.31. The second-order valence-electron chi connectivity index (χ2n) is 3.18. The van der Waals surface area contributed by atoms with Gasteiger partial charge in [0.25, 0.3) is 5.91 Å². The summed E-state index contributed by atoms with van der Waals surface area (Å²) in [5, 5.41) is 5.44. The molecule has 17 heavy (non-hydrogen) atoms. The largest absolute Gasteiger partial charge is 0.372 e. The molecule has 0 aliphatic rings. The second kappa shape index (κ2) is 5.02. The number of carbonyl (C=O) groups excluding carboxylic acids is 1. The van der Waals surface area contributed by atoms with Crippen molar-refractivity contribution in [3.05, 3.63) is 42.4 Å². The average molecular weight is 229 g/mol. The Morgan fingerprint density at radius 3 is 2.53 bits per heavy atom. The minimum absolute atomic E-state index is 0.267. The predicted molar refractivity (Wildman–Crippen MR) is 63.8 cm³/mol. The molecule has 0 saturated heterocycles. The standard InChI is InChI=1S/C11H11N5O/c1-12-9-8(4-2-5-13-9)10(17)16-11-14-6-3-7-15-11/h2-7H,1H3,(H,12,13)(H,14,15,16,17). The summed E-state index contributed by atoms with van der Waals surface area (Å²) in [5.41, 5.74) is 0.447. The molecule has 6 heteroatoms. The summed E-state index contributed by atoms with van der Waals surface area (Å²) < 4.78 is 0. The Morgan fingerprint density at radius 1 is 1.12 bits per heavy atom. The Labute approximate surface area is 98.1 Å². The van der Waals surface area contributed by atoms with E-state index in [0.29, 0.717) is 11.4 Å². The van der Waals surface area contributed by atoms with Gasteiger partial charge in [-0.05, 0) is 18.2 Å². The number of rotatable bonds is 3. The molecule has 2 N–H and O–H groups in total. The van der Waals surface area contributed by atoms with Crippen LogP contribution >= 0.6 is 0 Å². The number of nitrogens with zero attached hydrogens (tertiary/aromatic N) is 3. The fraction of sp³-hybridized carbons (Fsp3) is 0.0909. The van der Waals surface area contributed by atoms with Crippen molar-refractivity contribution in [3.63, 3.8) is 0 Å². The zero-order valence-corrected chi connectivity index (χ0v) is 9.21. The fourth-order valence-electron chi connectivity index (χ4n) is 1.32. The van der Waals surface area contributed by atoms with Crippen LogP contribution in [-0.4, -0.2) is 27.9 Å². The summed E-state index contributed by atoms with van der Waals surface area (Å²) in [6.45, 7) is 0. The number of hydrogen-bond acceptors (Lipinski definition) is 5. The lowest BCUT2D eigenvalue weighted by atomic mass is 10.2. The van der Waals surface area contributed by atoms with E-state index in [2.05, 4.69) is 25.6 Å². The maximum atomic E-state index is 11.9. The van der Waals surface area contributed by atoms with Crippen LogP contribution in [0.5, 0.6) is 0 Å². The lowest BCUT2D eigenvalue weighted by Crippen LogP contribution is -2.16. The Balaban J connectivity index is 2.20. The van der Waals surface area contributed by atoms with E-state index >= 15 is 0 Å². The van der Waals surface area contributed by atoms with E-state index in [-0.39, 0.29) is 11.9 Å². The number of aromatic nitrogens is 3. The van der Waals surface area contributed by atoms with Gasteiger partial charge in [0.05, 0.1) is 5.56 Å². The predicted octanol–water partition coefficient (Wildman–Crippen LogP) is 1.17. The molecule has 0 aromatic carbocycles. The summed E-state index contributed by atoms with van der Waals surface area (Å²) in [4.78, 5) is 23.8. The highest BCUT2D eigenvalue weighted by molar-refractivity contribution is 6.06. The van der Waals surface area contributed by atoms with Crippen LogP contribution in [0.15, 0.2) is 36.8 Å². The van der Waals surface area contributed by atoms with Crippen LogP contribution in [0, 0.1) is 0 Å². The third-order valence-corrected chi connectivity index (χ3v) is 2.08. The van der Waals surface area contributed by atoms with Crippen LogP contribution in [0.3, 0.4) is 0 Å². The molecule has 0 radical (unpaired) electrons. The van der Waals surface area contributed by atoms with Gasteiger partial charge >= 0.3 is 0 Å². The third kappa shape index (κ3) is 2.54. The molecule has 2 aromatic heterocycles. The van der Waals surface area contributed by atoms with Crippen molar-refractivity contribution in [2.45, 2.75) is 0 Å². The summed E-state index contributed by atoms with van der Waals surface area (Å²) in [6, 6.07) is 5.05. The summed E-state index contributed by atoms with van der Waals surface area (Å²) in [6.07, 6.45) is 4.73. The SMILES string of the molecule is CNc1ncccc1C(=O)Nc1ncccn1. The molecule has 0 spiro atoms. The van der Waals surface area contributed by atoms with Gasteiger partial charge in [0.15, 0.2) is 0 Å². The van der Waals surface area contributed by atoms with E-state index in [1.807, 2.05) is 0 Å². The Hall–Kier alpha value is -2.50. The second-order valence-corrected chi connectivity index (χ2v) is 3.18. The quantitative estimate of drug-likeness (QED) is 0.825. The maximum Gasteiger partial charge on any atom is 0.261 e. The van der Waals surface area contributed by atoms with Crippen molar-refractivity contribution >= 4 is 17.7 Å². The van der Waals surface area contributed by atoms with E-state index in [1.165, 1.54) is 0 Å².